The van der Waals surface area contributed by atoms with Gasteiger partial charge in [-0.3, -0.25) is 9.59 Å². The molecule has 0 bridgehead atoms. The van der Waals surface area contributed by atoms with Crippen molar-refractivity contribution in [3.8, 4) is 0 Å². The second kappa shape index (κ2) is 23.9. The first kappa shape index (κ1) is 52.9. The lowest BCUT2D eigenvalue weighted by Crippen LogP contribution is -2.65. The molecule has 5 aliphatic heterocycles. The van der Waals surface area contributed by atoms with Crippen LogP contribution in [-0.2, 0) is 76.0 Å². The number of hydrogen-bond donors (Lipinski definition) is 10. The smallest absolute Gasteiger partial charge is 0.331 e. The van der Waals surface area contributed by atoms with Crippen molar-refractivity contribution in [3.63, 3.8) is 0 Å². The largest absolute Gasteiger partial charge is 0.463 e. The van der Waals surface area contributed by atoms with Gasteiger partial charge in [-0.1, -0.05) is 30.3 Å². The number of carbonyl (C=O) groups excluding carboxylic acids is 3. The van der Waals surface area contributed by atoms with Gasteiger partial charge in [-0.05, 0) is 11.6 Å². The van der Waals surface area contributed by atoms with Crippen LogP contribution in [0.3, 0.4) is 0 Å². The third-order valence-electron chi connectivity index (χ3n) is 11.4. The molecule has 0 radical (unpaired) electrons. The summed E-state index contributed by atoms with van der Waals surface area (Å²) in [5.74, 6) is -2.62. The van der Waals surface area contributed by atoms with Gasteiger partial charge in [-0.15, -0.1) is 0 Å². The van der Waals surface area contributed by atoms with Gasteiger partial charge in [0.15, 0.2) is 43.7 Å². The summed E-state index contributed by atoms with van der Waals surface area (Å²) in [5.41, 5.74) is 0.625. The van der Waals surface area contributed by atoms with Crippen molar-refractivity contribution in [1.29, 1.82) is 0 Å². The molecule has 26 heteroatoms. The summed E-state index contributed by atoms with van der Waals surface area (Å²) in [4.78, 5) is 36.7. The van der Waals surface area contributed by atoms with Crippen LogP contribution in [0.4, 0.5) is 0 Å². The molecule has 22 atom stereocenters. The normalized spacial score (nSPS) is 42.8. The highest BCUT2D eigenvalue weighted by Gasteiger charge is 2.54. The fourth-order valence-corrected chi connectivity index (χ4v) is 7.82. The molecule has 5 heterocycles. The van der Waals surface area contributed by atoms with Gasteiger partial charge in [0.25, 0.3) is 0 Å². The molecule has 6 rings (SSSR count). The third kappa shape index (κ3) is 12.9. The van der Waals surface area contributed by atoms with E-state index in [1.54, 1.807) is 30.3 Å². The number of carbonyl (C=O) groups is 3. The fourth-order valence-electron chi connectivity index (χ4n) is 7.82. The van der Waals surface area contributed by atoms with Crippen LogP contribution in [0.1, 0.15) is 19.4 Å². The summed E-state index contributed by atoms with van der Waals surface area (Å²) in [6.45, 7) is -0.818. The highest BCUT2D eigenvalue weighted by Crippen LogP contribution is 2.34. The number of benzene rings is 1. The number of methoxy groups -OCH3 is 1. The third-order valence-corrected chi connectivity index (χ3v) is 11.4. The number of hydrogen-bond acceptors (Lipinski definition) is 26. The highest BCUT2D eigenvalue weighted by atomic mass is 16.8. The number of aliphatic hydroxyl groups excluding tert-OH is 10. The number of aliphatic hydroxyl groups is 10. The molecule has 26 nitrogen and oxygen atoms in total. The maximum Gasteiger partial charge on any atom is 0.331 e. The van der Waals surface area contributed by atoms with Gasteiger partial charge in [0, 0.05) is 27.0 Å². The maximum absolute atomic E-state index is 13.0. The molecule has 0 aromatic heterocycles. The van der Waals surface area contributed by atoms with Crippen molar-refractivity contribution in [3.05, 3.63) is 42.0 Å². The van der Waals surface area contributed by atoms with Gasteiger partial charge in [-0.2, -0.15) is 0 Å². The predicted octanol–water partition coefficient (Wildman–Crippen LogP) is -5.95. The van der Waals surface area contributed by atoms with Crippen LogP contribution in [0.15, 0.2) is 36.4 Å². The van der Waals surface area contributed by atoms with E-state index >= 15 is 0 Å². The van der Waals surface area contributed by atoms with Crippen molar-refractivity contribution >= 4 is 24.0 Å². The number of rotatable bonds is 16. The van der Waals surface area contributed by atoms with Gasteiger partial charge in [0.1, 0.15) is 98.2 Å². The molecular formula is C41H58O26. The number of ether oxygens (including phenoxy) is 13. The molecule has 0 aliphatic carbocycles. The lowest BCUT2D eigenvalue weighted by molar-refractivity contribution is -0.379. The minimum absolute atomic E-state index is 0.500. The van der Waals surface area contributed by atoms with Crippen LogP contribution < -0.4 is 0 Å². The summed E-state index contributed by atoms with van der Waals surface area (Å²) in [6, 6.07) is 8.63. The summed E-state index contributed by atoms with van der Waals surface area (Å²) < 4.78 is 72.1. The fraction of sp³-hybridized carbons (Fsp3) is 0.732. The highest BCUT2D eigenvalue weighted by molar-refractivity contribution is 5.87. The summed E-state index contributed by atoms with van der Waals surface area (Å²) in [5, 5.41) is 108. The zero-order valence-corrected chi connectivity index (χ0v) is 36.3. The van der Waals surface area contributed by atoms with E-state index in [0.29, 0.717) is 5.56 Å². The van der Waals surface area contributed by atoms with Gasteiger partial charge in [0.2, 0.25) is 0 Å². The molecule has 5 aliphatic rings. The van der Waals surface area contributed by atoms with Gasteiger partial charge in [-0.25, -0.2) is 4.79 Å². The first-order valence-corrected chi connectivity index (χ1v) is 21.2. The van der Waals surface area contributed by atoms with Crippen molar-refractivity contribution in [2.45, 2.75) is 149 Å². The SMILES string of the molecule is COC1OC(CO)C(OC2OCC(O)C(O)C2OC2OCC(OC3OCC(OC4OC(COC(C)=O)C(OC(C)=O)C(O)C4OC(=O)C=Cc4ccccc4)C(O)C3O)C(O)C2O)C(O)C1O. The molecule has 0 saturated carbocycles. The zero-order chi connectivity index (χ0) is 48.7. The molecule has 1 aromatic carbocycles. The van der Waals surface area contributed by atoms with Crippen LogP contribution >= 0.6 is 0 Å². The average molecular weight is 967 g/mol. The Kier molecular flexibility index (Phi) is 18.9. The second-order valence-electron chi connectivity index (χ2n) is 16.2. The van der Waals surface area contributed by atoms with Crippen LogP contribution in [0.25, 0.3) is 6.08 Å². The average Bonchev–Trinajstić information content (AvgIpc) is 3.30. The van der Waals surface area contributed by atoms with E-state index in [2.05, 4.69) is 0 Å². The topological polar surface area (TPSA) is 374 Å². The summed E-state index contributed by atoms with van der Waals surface area (Å²) in [7, 11) is 1.20. The van der Waals surface area contributed by atoms with E-state index in [-0.39, 0.29) is 0 Å². The minimum Gasteiger partial charge on any atom is -0.463 e. The molecule has 5 saturated heterocycles. The van der Waals surface area contributed by atoms with Crippen LogP contribution in [0.5, 0.6) is 0 Å². The second-order valence-corrected chi connectivity index (χ2v) is 16.2. The summed E-state index contributed by atoms with van der Waals surface area (Å²) in [6.07, 6.45) is -34.2. The van der Waals surface area contributed by atoms with Gasteiger partial charge < -0.3 is 113 Å². The van der Waals surface area contributed by atoms with Crippen LogP contribution in [-0.4, -0.2) is 244 Å². The van der Waals surface area contributed by atoms with Crippen molar-refractivity contribution in [1.82, 2.24) is 0 Å². The van der Waals surface area contributed by atoms with E-state index in [1.165, 1.54) is 13.2 Å². The Labute approximate surface area is 381 Å². The molecule has 10 N–H and O–H groups in total. The monoisotopic (exact) mass is 966 g/mol. The number of esters is 3. The first-order valence-electron chi connectivity index (χ1n) is 21.2. The van der Waals surface area contributed by atoms with Crippen LogP contribution in [0, 0.1) is 0 Å². The van der Waals surface area contributed by atoms with E-state index < -0.39 is 186 Å². The lowest BCUT2D eigenvalue weighted by Gasteiger charge is -2.47. The standard InChI is InChI=1S/C41H58O26/c1-16(43)56-15-23-34(60-17(2)44)32(54)36(65-24(46)10-9-18-7-5-4-6-8-18)41(64-23)63-22-14-58-38(29(51)27(22)49)62-21-13-59-39(30(52)26(21)48)67-35-25(47)19(45)12-57-40(35)66-33-20(11-42)61-37(55-3)31(53)28(33)50/h4-10,19-23,25-42,45,47-54H,11-15H2,1-3H3. The molecule has 0 amide bonds. The molecule has 1 aromatic rings. The minimum atomic E-state index is -1.97. The Morgan fingerprint density at radius 1 is 0.582 bits per heavy atom. The summed E-state index contributed by atoms with van der Waals surface area (Å²) >= 11 is 0. The Morgan fingerprint density at radius 3 is 1.75 bits per heavy atom. The lowest BCUT2D eigenvalue weighted by atomic mass is 9.98. The molecular weight excluding hydrogens is 908 g/mol. The molecule has 67 heavy (non-hydrogen) atoms. The van der Waals surface area contributed by atoms with E-state index in [1.807, 2.05) is 0 Å². The van der Waals surface area contributed by atoms with E-state index in [0.717, 1.165) is 19.9 Å². The molecule has 5 fully saturated rings. The maximum atomic E-state index is 13.0. The first-order chi connectivity index (χ1) is 31.9. The Hall–Kier alpha value is -3.43. The van der Waals surface area contributed by atoms with Crippen molar-refractivity contribution in [2.75, 3.05) is 40.1 Å². The van der Waals surface area contributed by atoms with Gasteiger partial charge >= 0.3 is 17.9 Å². The Bertz CT molecular complexity index is 1770. The molecule has 378 valence electrons. The zero-order valence-electron chi connectivity index (χ0n) is 36.3. The van der Waals surface area contributed by atoms with E-state index in [4.69, 9.17) is 61.6 Å². The molecule has 0 spiro atoms. The van der Waals surface area contributed by atoms with Crippen LogP contribution in [0.2, 0.25) is 0 Å². The van der Waals surface area contributed by atoms with Crippen molar-refractivity contribution in [2.24, 2.45) is 0 Å². The van der Waals surface area contributed by atoms with Crippen molar-refractivity contribution < 1.29 is 127 Å². The van der Waals surface area contributed by atoms with E-state index in [9.17, 15) is 65.4 Å². The Morgan fingerprint density at radius 2 is 1.15 bits per heavy atom. The molecule has 22 unspecified atom stereocenters. The van der Waals surface area contributed by atoms with Gasteiger partial charge in [0.05, 0.1) is 26.4 Å². The quantitative estimate of drug-likeness (QED) is 0.0419. The Balaban J connectivity index is 1.09. The predicted molar refractivity (Wildman–Crippen MR) is 212 cm³/mol.